The third-order valence-corrected chi connectivity index (χ3v) is 3.79. The molecule has 0 spiro atoms. The quantitative estimate of drug-likeness (QED) is 0.231. The van der Waals surface area contributed by atoms with Gasteiger partial charge in [0.15, 0.2) is 0 Å². The van der Waals surface area contributed by atoms with E-state index in [1.165, 1.54) is 13.0 Å². The van der Waals surface area contributed by atoms with Gasteiger partial charge in [0.1, 0.15) is 18.3 Å². The van der Waals surface area contributed by atoms with Crippen LogP contribution in [-0.4, -0.2) is 88.9 Å². The standard InChI is InChI=1S/C15H25NO9/c1-4-5-24-15(14(22)23-3)6-9(19)11(16-8(2)18)13(25-15)12(21)10(20)7-17/h4,9-13,17,19-21H,1,5-7H2,2-3H3,(H,16,18)/t9?,10-,11?,12-,13?,15?/m1/s1. The van der Waals surface area contributed by atoms with Crippen molar-refractivity contribution in [2.45, 2.75) is 49.6 Å². The molecule has 5 N–H and O–H groups in total. The lowest BCUT2D eigenvalue weighted by molar-refractivity contribution is -0.309. The van der Waals surface area contributed by atoms with E-state index in [-0.39, 0.29) is 6.61 Å². The van der Waals surface area contributed by atoms with Crippen LogP contribution in [0.15, 0.2) is 12.7 Å². The number of nitrogens with one attached hydrogen (secondary N) is 1. The summed E-state index contributed by atoms with van der Waals surface area (Å²) in [4.78, 5) is 23.6. The van der Waals surface area contributed by atoms with Gasteiger partial charge in [0.05, 0.1) is 32.5 Å². The highest BCUT2D eigenvalue weighted by Gasteiger charge is 2.56. The Kier molecular flexibility index (Phi) is 7.93. The fourth-order valence-electron chi connectivity index (χ4n) is 2.62. The largest absolute Gasteiger partial charge is 0.465 e. The first kappa shape index (κ1) is 21.5. The van der Waals surface area contributed by atoms with Crippen LogP contribution in [-0.2, 0) is 23.8 Å². The summed E-state index contributed by atoms with van der Waals surface area (Å²) in [6, 6.07) is -1.15. The summed E-state index contributed by atoms with van der Waals surface area (Å²) in [6.07, 6.45) is -5.24. The second-order valence-corrected chi connectivity index (χ2v) is 5.66. The highest BCUT2D eigenvalue weighted by atomic mass is 16.7. The van der Waals surface area contributed by atoms with E-state index < -0.39 is 61.1 Å². The molecule has 0 radical (unpaired) electrons. The molecule has 10 nitrogen and oxygen atoms in total. The molecule has 0 aliphatic carbocycles. The van der Waals surface area contributed by atoms with Crippen molar-refractivity contribution >= 4 is 11.9 Å². The number of aliphatic hydroxyl groups excluding tert-OH is 4. The minimum atomic E-state index is -2.07. The van der Waals surface area contributed by atoms with Crippen LogP contribution >= 0.6 is 0 Å². The molecule has 1 saturated heterocycles. The highest BCUT2D eigenvalue weighted by molar-refractivity contribution is 5.78. The van der Waals surface area contributed by atoms with Crippen LogP contribution in [0.5, 0.6) is 0 Å². The summed E-state index contributed by atoms with van der Waals surface area (Å²) in [5.74, 6) is -3.57. The molecule has 0 saturated carbocycles. The average molecular weight is 363 g/mol. The Bertz CT molecular complexity index is 486. The molecule has 144 valence electrons. The van der Waals surface area contributed by atoms with Crippen LogP contribution in [0.25, 0.3) is 0 Å². The summed E-state index contributed by atoms with van der Waals surface area (Å²) in [6.45, 7) is 3.72. The molecule has 25 heavy (non-hydrogen) atoms. The normalized spacial score (nSPS) is 31.7. The molecule has 0 aromatic carbocycles. The molecule has 6 atom stereocenters. The third-order valence-electron chi connectivity index (χ3n) is 3.79. The summed E-state index contributed by atoms with van der Waals surface area (Å²) >= 11 is 0. The van der Waals surface area contributed by atoms with Gasteiger partial charge in [0, 0.05) is 13.3 Å². The number of carbonyl (C=O) groups excluding carboxylic acids is 2. The van der Waals surface area contributed by atoms with E-state index in [2.05, 4.69) is 16.6 Å². The minimum Gasteiger partial charge on any atom is -0.465 e. The number of amides is 1. The number of esters is 1. The molecule has 1 aliphatic heterocycles. The lowest BCUT2D eigenvalue weighted by Crippen LogP contribution is -2.68. The fraction of sp³-hybridized carbons (Fsp3) is 0.733. The summed E-state index contributed by atoms with van der Waals surface area (Å²) in [5.41, 5.74) is 0. The van der Waals surface area contributed by atoms with E-state index >= 15 is 0 Å². The Hall–Kier alpha value is -1.56. The number of ether oxygens (including phenoxy) is 3. The van der Waals surface area contributed by atoms with Gasteiger partial charge in [-0.2, -0.15) is 0 Å². The van der Waals surface area contributed by atoms with E-state index in [0.717, 1.165) is 7.11 Å². The van der Waals surface area contributed by atoms with Gasteiger partial charge in [0.2, 0.25) is 5.91 Å². The Balaban J connectivity index is 3.23. The van der Waals surface area contributed by atoms with Gasteiger partial charge >= 0.3 is 5.97 Å². The highest BCUT2D eigenvalue weighted by Crippen LogP contribution is 2.34. The first-order valence-electron chi connectivity index (χ1n) is 7.65. The van der Waals surface area contributed by atoms with Crippen LogP contribution < -0.4 is 5.32 Å². The topological polar surface area (TPSA) is 155 Å². The van der Waals surface area contributed by atoms with Gasteiger partial charge in [-0.05, 0) is 0 Å². The zero-order valence-corrected chi connectivity index (χ0v) is 14.1. The lowest BCUT2D eigenvalue weighted by Gasteiger charge is -2.46. The predicted molar refractivity (Wildman–Crippen MR) is 83.1 cm³/mol. The van der Waals surface area contributed by atoms with Gasteiger partial charge in [-0.25, -0.2) is 4.79 Å². The average Bonchev–Trinajstić information content (AvgIpc) is 2.59. The number of hydrogen-bond donors (Lipinski definition) is 5. The van der Waals surface area contributed by atoms with Crippen LogP contribution in [0.4, 0.5) is 0 Å². The van der Waals surface area contributed by atoms with Crippen molar-refractivity contribution in [1.29, 1.82) is 0 Å². The maximum atomic E-state index is 12.2. The number of carbonyl (C=O) groups is 2. The molecule has 1 heterocycles. The zero-order chi connectivity index (χ0) is 19.2. The van der Waals surface area contributed by atoms with Crippen LogP contribution in [0.1, 0.15) is 13.3 Å². The van der Waals surface area contributed by atoms with Crippen molar-refractivity contribution in [2.75, 3.05) is 20.3 Å². The molecule has 1 fully saturated rings. The van der Waals surface area contributed by atoms with E-state index in [0.29, 0.717) is 0 Å². The van der Waals surface area contributed by atoms with Crippen molar-refractivity contribution in [3.05, 3.63) is 12.7 Å². The molecular formula is C15H25NO9. The number of aliphatic hydroxyl groups is 4. The van der Waals surface area contributed by atoms with Crippen molar-refractivity contribution in [1.82, 2.24) is 5.32 Å². The van der Waals surface area contributed by atoms with Gasteiger partial charge in [0.25, 0.3) is 5.79 Å². The van der Waals surface area contributed by atoms with Gasteiger partial charge in [-0.1, -0.05) is 6.08 Å². The van der Waals surface area contributed by atoms with E-state index in [1.54, 1.807) is 0 Å². The summed E-state index contributed by atoms with van der Waals surface area (Å²) < 4.78 is 15.6. The summed E-state index contributed by atoms with van der Waals surface area (Å²) in [7, 11) is 1.09. The Morgan fingerprint density at radius 3 is 2.60 bits per heavy atom. The van der Waals surface area contributed by atoms with Crippen LogP contribution in [0.3, 0.4) is 0 Å². The Morgan fingerprint density at radius 2 is 2.12 bits per heavy atom. The van der Waals surface area contributed by atoms with Gasteiger partial charge < -0.3 is 40.0 Å². The van der Waals surface area contributed by atoms with Crippen molar-refractivity contribution in [3.63, 3.8) is 0 Å². The molecular weight excluding hydrogens is 338 g/mol. The Morgan fingerprint density at radius 1 is 1.48 bits per heavy atom. The molecule has 0 aromatic heterocycles. The van der Waals surface area contributed by atoms with Gasteiger partial charge in [-0.3, -0.25) is 4.79 Å². The van der Waals surface area contributed by atoms with E-state index in [9.17, 15) is 24.9 Å². The second kappa shape index (κ2) is 9.22. The molecule has 1 rings (SSSR count). The molecule has 0 aromatic rings. The minimum absolute atomic E-state index is 0.127. The van der Waals surface area contributed by atoms with Crippen molar-refractivity contribution in [2.24, 2.45) is 0 Å². The molecule has 4 unspecified atom stereocenters. The van der Waals surface area contributed by atoms with Crippen molar-refractivity contribution < 1.29 is 44.2 Å². The predicted octanol–water partition coefficient (Wildman–Crippen LogP) is -2.57. The first-order chi connectivity index (χ1) is 11.7. The van der Waals surface area contributed by atoms with E-state index in [1.807, 2.05) is 0 Å². The lowest BCUT2D eigenvalue weighted by atomic mass is 9.88. The molecule has 10 heteroatoms. The monoisotopic (exact) mass is 363 g/mol. The molecule has 0 bridgehead atoms. The molecule has 1 amide bonds. The number of methoxy groups -OCH3 is 1. The maximum absolute atomic E-state index is 12.2. The SMILES string of the molecule is C=CCOC1(C(=O)OC)CC(O)C(NC(C)=O)C([C@H](O)[C@H](O)CO)O1. The number of hydrogen-bond acceptors (Lipinski definition) is 9. The second-order valence-electron chi connectivity index (χ2n) is 5.66. The van der Waals surface area contributed by atoms with Crippen LogP contribution in [0.2, 0.25) is 0 Å². The molecule has 1 aliphatic rings. The Labute approximate surface area is 145 Å². The summed E-state index contributed by atoms with van der Waals surface area (Å²) in [5, 5.41) is 41.8. The zero-order valence-electron chi connectivity index (χ0n) is 14.1. The van der Waals surface area contributed by atoms with Gasteiger partial charge in [-0.15, -0.1) is 6.58 Å². The first-order valence-corrected chi connectivity index (χ1v) is 7.65. The van der Waals surface area contributed by atoms with Crippen LogP contribution in [0, 0.1) is 0 Å². The number of rotatable bonds is 8. The fourth-order valence-corrected chi connectivity index (χ4v) is 2.62. The van der Waals surface area contributed by atoms with E-state index in [4.69, 9.17) is 14.6 Å². The maximum Gasteiger partial charge on any atom is 0.366 e. The smallest absolute Gasteiger partial charge is 0.366 e. The van der Waals surface area contributed by atoms with Crippen molar-refractivity contribution in [3.8, 4) is 0 Å². The third kappa shape index (κ3) is 4.97.